The number of carbonyl (C=O) groups is 1. The van der Waals surface area contributed by atoms with Crippen LogP contribution in [0.4, 0.5) is 16.0 Å². The summed E-state index contributed by atoms with van der Waals surface area (Å²) in [7, 11) is 0. The van der Waals surface area contributed by atoms with Crippen LogP contribution in [-0.2, 0) is 0 Å². The maximum absolute atomic E-state index is 12.8. The van der Waals surface area contributed by atoms with E-state index in [0.29, 0.717) is 11.4 Å². The molecule has 1 saturated heterocycles. The molecule has 0 radical (unpaired) electrons. The standard InChI is InChI=1S/C15H15FN4O/c16-12-5-3-11(4-6-12)15(21)17-13-7-8-14(19-18-13)20-9-1-2-10-20/h3-8H,1-2,9-10H2,(H,17,18,21). The fourth-order valence-corrected chi connectivity index (χ4v) is 2.30. The molecule has 1 amide bonds. The first kappa shape index (κ1) is 13.5. The number of hydrogen-bond donors (Lipinski definition) is 1. The number of aromatic nitrogens is 2. The van der Waals surface area contributed by atoms with E-state index in [9.17, 15) is 9.18 Å². The molecule has 1 aromatic carbocycles. The molecule has 6 heteroatoms. The van der Waals surface area contributed by atoms with Crippen molar-refractivity contribution in [3.63, 3.8) is 0 Å². The Balaban J connectivity index is 1.67. The Morgan fingerprint density at radius 2 is 1.76 bits per heavy atom. The van der Waals surface area contributed by atoms with Crippen LogP contribution in [0.5, 0.6) is 0 Å². The molecule has 5 nitrogen and oxygen atoms in total. The third-order valence-corrected chi connectivity index (χ3v) is 3.43. The van der Waals surface area contributed by atoms with Crippen LogP contribution >= 0.6 is 0 Å². The first-order chi connectivity index (χ1) is 10.2. The lowest BCUT2D eigenvalue weighted by molar-refractivity contribution is 0.102. The number of hydrogen-bond acceptors (Lipinski definition) is 4. The van der Waals surface area contributed by atoms with E-state index in [-0.39, 0.29) is 11.7 Å². The van der Waals surface area contributed by atoms with Gasteiger partial charge in [-0.25, -0.2) is 4.39 Å². The van der Waals surface area contributed by atoms with Crippen molar-refractivity contribution >= 4 is 17.5 Å². The number of halogens is 1. The van der Waals surface area contributed by atoms with Gasteiger partial charge in [-0.3, -0.25) is 4.79 Å². The summed E-state index contributed by atoms with van der Waals surface area (Å²) in [5, 5.41) is 10.8. The Labute approximate surface area is 121 Å². The molecule has 0 saturated carbocycles. The van der Waals surface area contributed by atoms with E-state index in [1.54, 1.807) is 6.07 Å². The average molecular weight is 286 g/mol. The third kappa shape index (κ3) is 3.16. The van der Waals surface area contributed by atoms with Crippen LogP contribution in [0.1, 0.15) is 23.2 Å². The Hall–Kier alpha value is -2.50. The van der Waals surface area contributed by atoms with Crippen LogP contribution < -0.4 is 10.2 Å². The van der Waals surface area contributed by atoms with Gasteiger partial charge in [-0.2, -0.15) is 0 Å². The normalized spacial score (nSPS) is 14.2. The van der Waals surface area contributed by atoms with Crippen LogP contribution in [0.2, 0.25) is 0 Å². The van der Waals surface area contributed by atoms with Gasteiger partial charge in [-0.15, -0.1) is 10.2 Å². The number of carbonyl (C=O) groups excluding carboxylic acids is 1. The summed E-state index contributed by atoms with van der Waals surface area (Å²) in [5.41, 5.74) is 0.377. The SMILES string of the molecule is O=C(Nc1ccc(N2CCCC2)nn1)c1ccc(F)cc1. The monoisotopic (exact) mass is 286 g/mol. The molecule has 1 fully saturated rings. The van der Waals surface area contributed by atoms with Crippen molar-refractivity contribution in [1.82, 2.24) is 10.2 Å². The van der Waals surface area contributed by atoms with Gasteiger partial charge in [-0.1, -0.05) is 0 Å². The predicted molar refractivity (Wildman–Crippen MR) is 77.8 cm³/mol. The van der Waals surface area contributed by atoms with Crippen LogP contribution in [0.3, 0.4) is 0 Å². The maximum Gasteiger partial charge on any atom is 0.256 e. The van der Waals surface area contributed by atoms with Gasteiger partial charge in [0.1, 0.15) is 5.82 Å². The van der Waals surface area contributed by atoms with Crippen LogP contribution in [-0.4, -0.2) is 29.2 Å². The minimum absolute atomic E-state index is 0.335. The largest absolute Gasteiger partial charge is 0.355 e. The zero-order valence-corrected chi connectivity index (χ0v) is 11.4. The number of anilines is 2. The van der Waals surface area contributed by atoms with Crippen molar-refractivity contribution in [2.75, 3.05) is 23.3 Å². The van der Waals surface area contributed by atoms with Crippen molar-refractivity contribution in [1.29, 1.82) is 0 Å². The van der Waals surface area contributed by atoms with Crippen molar-refractivity contribution < 1.29 is 9.18 Å². The molecular weight excluding hydrogens is 271 g/mol. The third-order valence-electron chi connectivity index (χ3n) is 3.43. The summed E-state index contributed by atoms with van der Waals surface area (Å²) in [4.78, 5) is 14.1. The minimum Gasteiger partial charge on any atom is -0.355 e. The summed E-state index contributed by atoms with van der Waals surface area (Å²) in [5.74, 6) is 0.499. The molecule has 1 aliphatic heterocycles. The topological polar surface area (TPSA) is 58.1 Å². The first-order valence-corrected chi connectivity index (χ1v) is 6.88. The number of amides is 1. The molecule has 0 aliphatic carbocycles. The second kappa shape index (κ2) is 5.87. The Kier molecular flexibility index (Phi) is 3.77. The first-order valence-electron chi connectivity index (χ1n) is 6.88. The minimum atomic E-state index is -0.374. The van der Waals surface area contributed by atoms with Gasteiger partial charge in [-0.05, 0) is 49.2 Å². The van der Waals surface area contributed by atoms with E-state index < -0.39 is 0 Å². The summed E-state index contributed by atoms with van der Waals surface area (Å²) in [6.45, 7) is 1.99. The van der Waals surface area contributed by atoms with Crippen LogP contribution in [0.25, 0.3) is 0 Å². The quantitative estimate of drug-likeness (QED) is 0.941. The molecule has 0 bridgehead atoms. The van der Waals surface area contributed by atoms with Gasteiger partial charge in [0.2, 0.25) is 0 Å². The summed E-state index contributed by atoms with van der Waals surface area (Å²) < 4.78 is 12.8. The zero-order chi connectivity index (χ0) is 14.7. The molecular formula is C15H15FN4O. The van der Waals surface area contributed by atoms with Crippen molar-refractivity contribution in [2.45, 2.75) is 12.8 Å². The highest BCUT2D eigenvalue weighted by molar-refractivity contribution is 6.03. The summed E-state index contributed by atoms with van der Waals surface area (Å²) in [6.07, 6.45) is 2.34. The fraction of sp³-hybridized carbons (Fsp3) is 0.267. The molecule has 1 N–H and O–H groups in total. The van der Waals surface area contributed by atoms with E-state index in [2.05, 4.69) is 20.4 Å². The lowest BCUT2D eigenvalue weighted by Gasteiger charge is -2.15. The molecule has 3 rings (SSSR count). The van der Waals surface area contributed by atoms with Crippen LogP contribution in [0.15, 0.2) is 36.4 Å². The van der Waals surface area contributed by atoms with Gasteiger partial charge in [0.25, 0.3) is 5.91 Å². The Morgan fingerprint density at radius 1 is 1.05 bits per heavy atom. The lowest BCUT2D eigenvalue weighted by atomic mass is 10.2. The molecule has 0 atom stereocenters. The number of rotatable bonds is 3. The van der Waals surface area contributed by atoms with E-state index in [4.69, 9.17) is 0 Å². The zero-order valence-electron chi connectivity index (χ0n) is 11.4. The van der Waals surface area contributed by atoms with Gasteiger partial charge in [0, 0.05) is 18.7 Å². The Morgan fingerprint density at radius 3 is 2.38 bits per heavy atom. The Bertz CT molecular complexity index is 621. The molecule has 21 heavy (non-hydrogen) atoms. The summed E-state index contributed by atoms with van der Waals surface area (Å²) >= 11 is 0. The van der Waals surface area contributed by atoms with E-state index in [0.717, 1.165) is 18.9 Å². The van der Waals surface area contributed by atoms with Gasteiger partial charge >= 0.3 is 0 Å². The highest BCUT2D eigenvalue weighted by Gasteiger charge is 2.14. The smallest absolute Gasteiger partial charge is 0.256 e. The number of nitrogens with zero attached hydrogens (tertiary/aromatic N) is 3. The molecule has 1 aromatic heterocycles. The lowest BCUT2D eigenvalue weighted by Crippen LogP contribution is -2.20. The highest BCUT2D eigenvalue weighted by Crippen LogP contribution is 2.17. The second-order valence-electron chi connectivity index (χ2n) is 4.93. The molecule has 1 aliphatic rings. The average Bonchev–Trinajstić information content (AvgIpc) is 3.03. The predicted octanol–water partition coefficient (Wildman–Crippen LogP) is 2.47. The van der Waals surface area contributed by atoms with Gasteiger partial charge in [0.05, 0.1) is 0 Å². The molecule has 2 heterocycles. The van der Waals surface area contributed by atoms with E-state index in [1.165, 1.54) is 37.1 Å². The second-order valence-corrected chi connectivity index (χ2v) is 4.93. The molecule has 2 aromatic rings. The summed E-state index contributed by atoms with van der Waals surface area (Å²) in [6, 6.07) is 8.92. The van der Waals surface area contributed by atoms with Crippen molar-refractivity contribution in [2.24, 2.45) is 0 Å². The van der Waals surface area contributed by atoms with Gasteiger partial charge < -0.3 is 10.2 Å². The highest BCUT2D eigenvalue weighted by atomic mass is 19.1. The van der Waals surface area contributed by atoms with E-state index in [1.807, 2.05) is 6.07 Å². The van der Waals surface area contributed by atoms with Crippen molar-refractivity contribution in [3.8, 4) is 0 Å². The van der Waals surface area contributed by atoms with Crippen molar-refractivity contribution in [3.05, 3.63) is 47.8 Å². The number of benzene rings is 1. The van der Waals surface area contributed by atoms with Gasteiger partial charge in [0.15, 0.2) is 11.6 Å². The molecule has 108 valence electrons. The molecule has 0 spiro atoms. The molecule has 0 unspecified atom stereocenters. The van der Waals surface area contributed by atoms with Crippen LogP contribution in [0, 0.1) is 5.82 Å². The number of nitrogens with one attached hydrogen (secondary N) is 1. The van der Waals surface area contributed by atoms with E-state index >= 15 is 0 Å². The maximum atomic E-state index is 12.8. The fourth-order valence-electron chi connectivity index (χ4n) is 2.30.